The Hall–Kier alpha value is -1.74. The molecule has 0 rings (SSSR count). The Morgan fingerprint density at radius 2 is 2.17 bits per heavy atom. The molecular formula is C12H20N2O4. The van der Waals surface area contributed by atoms with Crippen molar-refractivity contribution in [2.75, 3.05) is 26.3 Å². The van der Waals surface area contributed by atoms with E-state index in [0.717, 1.165) is 0 Å². The number of carbonyl (C=O) groups is 2. The Morgan fingerprint density at radius 1 is 1.50 bits per heavy atom. The number of hydrogen-bond acceptors (Lipinski definition) is 3. The zero-order valence-electron chi connectivity index (χ0n) is 10.8. The molecule has 0 aliphatic heterocycles. The van der Waals surface area contributed by atoms with Gasteiger partial charge in [0.05, 0.1) is 6.61 Å². The monoisotopic (exact) mass is 256 g/mol. The van der Waals surface area contributed by atoms with Crippen molar-refractivity contribution in [2.24, 2.45) is 0 Å². The van der Waals surface area contributed by atoms with Crippen molar-refractivity contribution in [3.63, 3.8) is 0 Å². The van der Waals surface area contributed by atoms with Gasteiger partial charge in [-0.2, -0.15) is 0 Å². The van der Waals surface area contributed by atoms with E-state index in [0.29, 0.717) is 26.3 Å². The van der Waals surface area contributed by atoms with Gasteiger partial charge in [0.1, 0.15) is 6.04 Å². The van der Waals surface area contributed by atoms with E-state index in [9.17, 15) is 9.59 Å². The number of terminal acetylenes is 1. The van der Waals surface area contributed by atoms with Gasteiger partial charge in [-0.15, -0.1) is 12.3 Å². The molecule has 0 aromatic heterocycles. The zero-order valence-corrected chi connectivity index (χ0v) is 10.8. The first-order valence-corrected chi connectivity index (χ1v) is 5.86. The second-order valence-corrected chi connectivity index (χ2v) is 3.53. The zero-order chi connectivity index (χ0) is 14.0. The highest BCUT2D eigenvalue weighted by molar-refractivity contribution is 5.82. The Labute approximate surface area is 107 Å². The fourth-order valence-corrected chi connectivity index (χ4v) is 1.28. The van der Waals surface area contributed by atoms with Crippen LogP contribution in [-0.4, -0.2) is 54.4 Å². The summed E-state index contributed by atoms with van der Waals surface area (Å²) in [5, 5.41) is 11.3. The van der Waals surface area contributed by atoms with E-state index in [4.69, 9.17) is 16.3 Å². The van der Waals surface area contributed by atoms with Gasteiger partial charge in [0.2, 0.25) is 0 Å². The number of carboxylic acids is 1. The topological polar surface area (TPSA) is 78.9 Å². The number of nitrogens with zero attached hydrogens (tertiary/aromatic N) is 1. The molecule has 0 aliphatic carbocycles. The van der Waals surface area contributed by atoms with Crippen molar-refractivity contribution in [2.45, 2.75) is 26.3 Å². The van der Waals surface area contributed by atoms with E-state index in [1.807, 2.05) is 13.8 Å². The van der Waals surface area contributed by atoms with Crippen LogP contribution in [0.25, 0.3) is 0 Å². The summed E-state index contributed by atoms with van der Waals surface area (Å²) in [6.45, 7) is 5.56. The molecule has 2 N–H and O–H groups in total. The third-order valence-corrected chi connectivity index (χ3v) is 2.30. The van der Waals surface area contributed by atoms with Crippen molar-refractivity contribution in [1.29, 1.82) is 0 Å². The molecule has 0 aliphatic rings. The van der Waals surface area contributed by atoms with E-state index in [1.165, 1.54) is 4.90 Å². The van der Waals surface area contributed by atoms with Crippen LogP contribution in [0.1, 0.15) is 20.3 Å². The number of nitrogens with one attached hydrogen (secondary N) is 1. The van der Waals surface area contributed by atoms with E-state index in [-0.39, 0.29) is 6.42 Å². The molecule has 0 radical (unpaired) electrons. The highest BCUT2D eigenvalue weighted by atomic mass is 16.5. The maximum atomic E-state index is 11.8. The van der Waals surface area contributed by atoms with Crippen molar-refractivity contribution in [3.8, 4) is 12.3 Å². The Kier molecular flexibility index (Phi) is 8.41. The molecule has 102 valence electrons. The molecule has 0 spiro atoms. The summed E-state index contributed by atoms with van der Waals surface area (Å²) in [7, 11) is 0. The minimum atomic E-state index is -1.14. The van der Waals surface area contributed by atoms with E-state index in [2.05, 4.69) is 11.2 Å². The maximum Gasteiger partial charge on any atom is 0.327 e. The van der Waals surface area contributed by atoms with Crippen LogP contribution >= 0.6 is 0 Å². The molecule has 1 unspecified atom stereocenters. The first-order chi connectivity index (χ1) is 8.56. The van der Waals surface area contributed by atoms with Crippen LogP contribution in [0.15, 0.2) is 0 Å². The van der Waals surface area contributed by atoms with Gasteiger partial charge in [-0.25, -0.2) is 9.59 Å². The summed E-state index contributed by atoms with van der Waals surface area (Å²) in [6, 6.07) is -1.50. The number of likely N-dealkylation sites (N-methyl/N-ethyl adjacent to an activating group) is 1. The third-order valence-electron chi connectivity index (χ3n) is 2.30. The predicted octanol–water partition coefficient (Wildman–Crippen LogP) is 0.531. The smallest absolute Gasteiger partial charge is 0.327 e. The highest BCUT2D eigenvalue weighted by Gasteiger charge is 2.21. The Bertz CT molecular complexity index is 312. The van der Waals surface area contributed by atoms with Gasteiger partial charge in [-0.05, 0) is 13.8 Å². The number of hydrogen-bond donors (Lipinski definition) is 2. The van der Waals surface area contributed by atoms with Crippen LogP contribution in [0, 0.1) is 12.3 Å². The first-order valence-electron chi connectivity index (χ1n) is 5.86. The van der Waals surface area contributed by atoms with Crippen molar-refractivity contribution in [1.82, 2.24) is 10.2 Å². The second kappa shape index (κ2) is 9.31. The average Bonchev–Trinajstić information content (AvgIpc) is 2.33. The average molecular weight is 256 g/mol. The molecule has 0 fully saturated rings. The summed E-state index contributed by atoms with van der Waals surface area (Å²) in [5.74, 6) is 1.09. The fourth-order valence-electron chi connectivity index (χ4n) is 1.28. The number of rotatable bonds is 8. The van der Waals surface area contributed by atoms with Crippen LogP contribution in [0.2, 0.25) is 0 Å². The Balaban J connectivity index is 4.32. The second-order valence-electron chi connectivity index (χ2n) is 3.53. The largest absolute Gasteiger partial charge is 0.480 e. The number of aliphatic carboxylic acids is 1. The normalized spacial score (nSPS) is 11.4. The van der Waals surface area contributed by atoms with Crippen LogP contribution in [-0.2, 0) is 9.53 Å². The van der Waals surface area contributed by atoms with E-state index in [1.54, 1.807) is 0 Å². The Morgan fingerprint density at radius 3 is 2.61 bits per heavy atom. The molecule has 0 saturated heterocycles. The quantitative estimate of drug-likeness (QED) is 0.490. The number of amides is 2. The summed E-state index contributed by atoms with van der Waals surface area (Å²) in [6.07, 6.45) is 5.01. The molecule has 6 heteroatoms. The van der Waals surface area contributed by atoms with Crippen LogP contribution in [0.4, 0.5) is 4.79 Å². The highest BCUT2D eigenvalue weighted by Crippen LogP contribution is 1.96. The summed E-state index contributed by atoms with van der Waals surface area (Å²) >= 11 is 0. The SMILES string of the molecule is C#CCC(NC(=O)N(CC)CCOCC)C(=O)O. The molecule has 6 nitrogen and oxygen atoms in total. The number of carboxylic acid groups (broad SMARTS) is 1. The minimum absolute atomic E-state index is 0.0376. The van der Waals surface area contributed by atoms with Crippen LogP contribution < -0.4 is 5.32 Å². The predicted molar refractivity (Wildman–Crippen MR) is 67.1 cm³/mol. The molecule has 0 heterocycles. The lowest BCUT2D eigenvalue weighted by atomic mass is 10.2. The molecule has 0 aromatic rings. The van der Waals surface area contributed by atoms with E-state index < -0.39 is 18.0 Å². The third kappa shape index (κ3) is 6.11. The van der Waals surface area contributed by atoms with Crippen molar-refractivity contribution >= 4 is 12.0 Å². The molecule has 0 aromatic carbocycles. The lowest BCUT2D eigenvalue weighted by Crippen LogP contribution is -2.48. The lowest BCUT2D eigenvalue weighted by Gasteiger charge is -2.23. The van der Waals surface area contributed by atoms with Gasteiger partial charge in [0.25, 0.3) is 0 Å². The summed E-state index contributed by atoms with van der Waals surface area (Å²) < 4.78 is 5.15. The number of carbonyl (C=O) groups excluding carboxylic acids is 1. The van der Waals surface area contributed by atoms with Crippen molar-refractivity contribution in [3.05, 3.63) is 0 Å². The van der Waals surface area contributed by atoms with Gasteiger partial charge in [-0.3, -0.25) is 0 Å². The molecule has 1 atom stereocenters. The van der Waals surface area contributed by atoms with Gasteiger partial charge in [0, 0.05) is 26.1 Å². The molecule has 2 amide bonds. The molecular weight excluding hydrogens is 236 g/mol. The molecule has 18 heavy (non-hydrogen) atoms. The standard InChI is InChI=1S/C12H20N2O4/c1-4-7-10(11(15)16)13-12(17)14(5-2)8-9-18-6-3/h1,10H,5-9H2,2-3H3,(H,13,17)(H,15,16). The first kappa shape index (κ1) is 16.3. The number of urea groups is 1. The minimum Gasteiger partial charge on any atom is -0.480 e. The van der Waals surface area contributed by atoms with Crippen molar-refractivity contribution < 1.29 is 19.4 Å². The summed E-state index contributed by atoms with van der Waals surface area (Å²) in [4.78, 5) is 24.1. The van der Waals surface area contributed by atoms with Gasteiger partial charge in [-0.1, -0.05) is 0 Å². The van der Waals surface area contributed by atoms with Gasteiger partial charge >= 0.3 is 12.0 Å². The number of ether oxygens (including phenoxy) is 1. The maximum absolute atomic E-state index is 11.8. The van der Waals surface area contributed by atoms with Crippen LogP contribution in [0.3, 0.4) is 0 Å². The fraction of sp³-hybridized carbons (Fsp3) is 0.667. The molecule has 0 bridgehead atoms. The van der Waals surface area contributed by atoms with Crippen LogP contribution in [0.5, 0.6) is 0 Å². The lowest BCUT2D eigenvalue weighted by molar-refractivity contribution is -0.139. The van der Waals surface area contributed by atoms with E-state index >= 15 is 0 Å². The summed E-state index contributed by atoms with van der Waals surface area (Å²) in [5.41, 5.74) is 0. The molecule has 0 saturated carbocycles. The van der Waals surface area contributed by atoms with Gasteiger partial charge < -0.3 is 20.1 Å². The van der Waals surface area contributed by atoms with Gasteiger partial charge in [0.15, 0.2) is 0 Å².